The van der Waals surface area contributed by atoms with Crippen LogP contribution in [0.1, 0.15) is 35.7 Å². The molecule has 0 saturated heterocycles. The predicted molar refractivity (Wildman–Crippen MR) is 132 cm³/mol. The van der Waals surface area contributed by atoms with E-state index in [1.54, 1.807) is 24.3 Å². The van der Waals surface area contributed by atoms with Crippen LogP contribution < -0.4 is 9.47 Å². The first-order valence-corrected chi connectivity index (χ1v) is 11.2. The van der Waals surface area contributed by atoms with E-state index in [-0.39, 0.29) is 48.7 Å². The number of ether oxygens (including phenoxy) is 4. The second-order valence-corrected chi connectivity index (χ2v) is 7.50. The highest BCUT2D eigenvalue weighted by atomic mass is 17.2. The van der Waals surface area contributed by atoms with Crippen LogP contribution in [0.3, 0.4) is 0 Å². The molecule has 0 amide bonds. The summed E-state index contributed by atoms with van der Waals surface area (Å²) in [4.78, 5) is 67.1. The zero-order valence-corrected chi connectivity index (χ0v) is 20.8. The van der Waals surface area contributed by atoms with Crippen LogP contribution in [0.25, 0.3) is 6.08 Å². The molecule has 0 saturated carbocycles. The van der Waals surface area contributed by atoms with Gasteiger partial charge in [-0.2, -0.15) is 4.89 Å². The van der Waals surface area contributed by atoms with Crippen LogP contribution in [0.2, 0.25) is 0 Å². The van der Waals surface area contributed by atoms with Crippen molar-refractivity contribution in [3.8, 4) is 11.5 Å². The van der Waals surface area contributed by atoms with Gasteiger partial charge in [-0.25, -0.2) is 14.4 Å². The van der Waals surface area contributed by atoms with Crippen molar-refractivity contribution in [3.63, 3.8) is 0 Å². The summed E-state index contributed by atoms with van der Waals surface area (Å²) in [5.41, 5.74) is 1.11. The molecule has 0 fully saturated rings. The molecule has 0 aromatic heterocycles. The van der Waals surface area contributed by atoms with Crippen molar-refractivity contribution in [2.75, 3.05) is 20.3 Å². The van der Waals surface area contributed by atoms with Gasteiger partial charge in [-0.3, -0.25) is 14.5 Å². The molecule has 0 unspecified atom stereocenters. The Morgan fingerprint density at radius 3 is 2.00 bits per heavy atom. The Hall–Kier alpha value is -4.77. The minimum absolute atomic E-state index is 0.118. The van der Waals surface area contributed by atoms with Crippen molar-refractivity contribution in [1.29, 1.82) is 0 Å². The number of hydrogen-bond acceptors (Lipinski definition) is 11. The maximum atomic E-state index is 12.4. The van der Waals surface area contributed by atoms with Crippen LogP contribution in [0, 0.1) is 0 Å². The third kappa shape index (κ3) is 10.9. The molecule has 0 N–H and O–H groups in total. The minimum Gasteiger partial charge on any atom is -0.462 e. The van der Waals surface area contributed by atoms with Gasteiger partial charge in [-0.15, -0.1) is 0 Å². The fourth-order valence-corrected chi connectivity index (χ4v) is 2.62. The predicted octanol–water partition coefficient (Wildman–Crippen LogP) is 3.37. The number of hydrogen-bond donors (Lipinski definition) is 0. The molecule has 0 atom stereocenters. The lowest BCUT2D eigenvalue weighted by atomic mass is 10.2. The SMILES string of the molecule is C=C(C)C(=O)OCCOC(=O)CCC(=O)Oc1ccc(C(=O)Oc2ccc(C=CC(=O)OOC)cc2)cc1. The quantitative estimate of drug-likeness (QED) is 0.0947. The van der Waals surface area contributed by atoms with Gasteiger partial charge in [0.05, 0.1) is 25.5 Å². The third-order valence-corrected chi connectivity index (χ3v) is 4.45. The molecule has 2 rings (SSSR count). The summed E-state index contributed by atoms with van der Waals surface area (Å²) in [5.74, 6) is -2.75. The maximum absolute atomic E-state index is 12.4. The van der Waals surface area contributed by atoms with E-state index in [4.69, 9.17) is 18.9 Å². The number of benzene rings is 2. The molecule has 0 spiro atoms. The van der Waals surface area contributed by atoms with Crippen molar-refractivity contribution in [3.05, 3.63) is 77.9 Å². The molecule has 11 nitrogen and oxygen atoms in total. The molecule has 0 aliphatic rings. The molecule has 0 bridgehead atoms. The van der Waals surface area contributed by atoms with Gasteiger partial charge >= 0.3 is 29.8 Å². The molecule has 0 aliphatic heterocycles. The van der Waals surface area contributed by atoms with E-state index in [0.717, 1.165) is 0 Å². The minimum atomic E-state index is -0.671. The van der Waals surface area contributed by atoms with Gasteiger partial charge < -0.3 is 18.9 Å². The van der Waals surface area contributed by atoms with Gasteiger partial charge in [0.1, 0.15) is 24.7 Å². The summed E-state index contributed by atoms with van der Waals surface area (Å²) in [6.07, 6.45) is 2.23. The fourth-order valence-electron chi connectivity index (χ4n) is 2.62. The Morgan fingerprint density at radius 2 is 1.37 bits per heavy atom. The van der Waals surface area contributed by atoms with Crippen molar-refractivity contribution < 1.29 is 52.7 Å². The summed E-state index contributed by atoms with van der Waals surface area (Å²) in [6.45, 7) is 4.66. The molecule has 38 heavy (non-hydrogen) atoms. The summed E-state index contributed by atoms with van der Waals surface area (Å²) in [7, 11) is 1.22. The van der Waals surface area contributed by atoms with Crippen LogP contribution in [-0.2, 0) is 38.4 Å². The molecule has 200 valence electrons. The first-order valence-electron chi connectivity index (χ1n) is 11.2. The Morgan fingerprint density at radius 1 is 0.789 bits per heavy atom. The van der Waals surface area contributed by atoms with E-state index in [0.29, 0.717) is 5.56 Å². The smallest absolute Gasteiger partial charge is 0.365 e. The van der Waals surface area contributed by atoms with E-state index in [1.807, 2.05) is 0 Å². The van der Waals surface area contributed by atoms with Crippen LogP contribution in [0.5, 0.6) is 11.5 Å². The second-order valence-electron chi connectivity index (χ2n) is 7.50. The van der Waals surface area contributed by atoms with Crippen LogP contribution in [0.15, 0.2) is 66.8 Å². The van der Waals surface area contributed by atoms with Crippen LogP contribution in [-0.4, -0.2) is 50.2 Å². The van der Waals surface area contributed by atoms with Gasteiger partial charge in [0, 0.05) is 11.6 Å². The molecular weight excluding hydrogens is 500 g/mol. The van der Waals surface area contributed by atoms with E-state index >= 15 is 0 Å². The van der Waals surface area contributed by atoms with Crippen molar-refractivity contribution >= 4 is 35.9 Å². The fraction of sp³-hybridized carbons (Fsp3) is 0.222. The van der Waals surface area contributed by atoms with E-state index < -0.39 is 29.8 Å². The zero-order chi connectivity index (χ0) is 27.9. The lowest BCUT2D eigenvalue weighted by Gasteiger charge is -2.07. The largest absolute Gasteiger partial charge is 0.462 e. The molecule has 2 aromatic carbocycles. The zero-order valence-electron chi connectivity index (χ0n) is 20.8. The summed E-state index contributed by atoms with van der Waals surface area (Å²) < 4.78 is 20.1. The molecule has 2 aromatic rings. The average Bonchev–Trinajstić information content (AvgIpc) is 2.90. The Labute approximate surface area is 218 Å². The second kappa shape index (κ2) is 15.4. The monoisotopic (exact) mass is 526 g/mol. The van der Waals surface area contributed by atoms with Crippen molar-refractivity contribution in [1.82, 2.24) is 0 Å². The van der Waals surface area contributed by atoms with E-state index in [2.05, 4.69) is 16.4 Å². The van der Waals surface area contributed by atoms with Gasteiger partial charge in [0.15, 0.2) is 0 Å². The van der Waals surface area contributed by atoms with Crippen LogP contribution >= 0.6 is 0 Å². The Kier molecular flexibility index (Phi) is 11.9. The van der Waals surface area contributed by atoms with Gasteiger partial charge in [0.2, 0.25) is 0 Å². The Bertz CT molecular complexity index is 1180. The maximum Gasteiger partial charge on any atom is 0.365 e. The number of carbonyl (C=O) groups excluding carboxylic acids is 5. The third-order valence-electron chi connectivity index (χ3n) is 4.45. The number of esters is 4. The lowest BCUT2D eigenvalue weighted by Crippen LogP contribution is -2.16. The first-order chi connectivity index (χ1) is 18.2. The van der Waals surface area contributed by atoms with Gasteiger partial charge in [-0.05, 0) is 55.0 Å². The van der Waals surface area contributed by atoms with E-state index in [9.17, 15) is 24.0 Å². The topological polar surface area (TPSA) is 141 Å². The highest BCUT2D eigenvalue weighted by molar-refractivity contribution is 5.91. The summed E-state index contributed by atoms with van der Waals surface area (Å²) in [5, 5.41) is 0. The molecule has 0 heterocycles. The highest BCUT2D eigenvalue weighted by Crippen LogP contribution is 2.18. The average molecular weight is 526 g/mol. The van der Waals surface area contributed by atoms with Crippen molar-refractivity contribution in [2.24, 2.45) is 0 Å². The Balaban J connectivity index is 1.75. The van der Waals surface area contributed by atoms with E-state index in [1.165, 1.54) is 50.5 Å². The first kappa shape index (κ1) is 29.5. The number of rotatable bonds is 13. The lowest BCUT2D eigenvalue weighted by molar-refractivity contribution is -0.249. The standard InChI is InChI=1S/C27H26O11/c1-18(2)26(31)35-17-16-34-23(28)14-15-24(29)36-21-11-7-20(8-12-21)27(32)37-22-9-4-19(5-10-22)6-13-25(30)38-33-3/h4-13H,1,14-17H2,2-3H3. The number of carbonyl (C=O) groups is 5. The van der Waals surface area contributed by atoms with Gasteiger partial charge in [0.25, 0.3) is 0 Å². The summed E-state index contributed by atoms with van der Waals surface area (Å²) in [6, 6.07) is 12.0. The highest BCUT2D eigenvalue weighted by Gasteiger charge is 2.13. The van der Waals surface area contributed by atoms with Crippen LogP contribution in [0.4, 0.5) is 0 Å². The molecular formula is C27H26O11. The molecule has 0 radical (unpaired) electrons. The summed E-state index contributed by atoms with van der Waals surface area (Å²) >= 11 is 0. The van der Waals surface area contributed by atoms with Gasteiger partial charge in [-0.1, -0.05) is 18.7 Å². The normalized spacial score (nSPS) is 10.4. The molecule has 11 heteroatoms. The molecule has 0 aliphatic carbocycles. The van der Waals surface area contributed by atoms with Crippen molar-refractivity contribution in [2.45, 2.75) is 19.8 Å².